The SMILES string of the molecule is CCCOC(=O)NS(=O)(=O)c1ccccc1-c1ccc(Cn2c(CCC)nc(SC)c2OC(=O)O)cc1. The average molecular weight is 548 g/mol. The van der Waals surface area contributed by atoms with E-state index >= 15 is 0 Å². The third-order valence-electron chi connectivity index (χ3n) is 5.26. The van der Waals surface area contributed by atoms with Gasteiger partial charge < -0.3 is 14.6 Å². The van der Waals surface area contributed by atoms with Gasteiger partial charge in [0.15, 0.2) is 5.03 Å². The van der Waals surface area contributed by atoms with Crippen LogP contribution in [0.1, 0.15) is 38.1 Å². The smallest absolute Gasteiger partial charge is 0.449 e. The van der Waals surface area contributed by atoms with Crippen LogP contribution >= 0.6 is 11.8 Å². The summed E-state index contributed by atoms with van der Waals surface area (Å²) < 4.78 is 39.3. The maximum absolute atomic E-state index is 12.9. The van der Waals surface area contributed by atoms with E-state index in [0.717, 1.165) is 12.0 Å². The Balaban J connectivity index is 1.91. The van der Waals surface area contributed by atoms with Crippen molar-refractivity contribution in [2.45, 2.75) is 49.6 Å². The molecule has 0 radical (unpaired) electrons. The molecular formula is C25H29N3O7S2. The maximum atomic E-state index is 12.9. The molecule has 0 aliphatic rings. The molecular weight excluding hydrogens is 518 g/mol. The largest absolute Gasteiger partial charge is 0.512 e. The molecule has 37 heavy (non-hydrogen) atoms. The van der Waals surface area contributed by atoms with E-state index in [1.165, 1.54) is 17.8 Å². The second-order valence-corrected chi connectivity index (χ2v) is 10.4. The van der Waals surface area contributed by atoms with Gasteiger partial charge in [-0.25, -0.2) is 27.7 Å². The molecule has 0 spiro atoms. The van der Waals surface area contributed by atoms with E-state index in [1.54, 1.807) is 48.1 Å². The summed E-state index contributed by atoms with van der Waals surface area (Å²) in [5.74, 6) is 0.884. The second-order valence-electron chi connectivity index (χ2n) is 7.98. The third kappa shape index (κ3) is 7.04. The lowest BCUT2D eigenvalue weighted by Crippen LogP contribution is -2.31. The Hall–Kier alpha value is -3.51. The van der Waals surface area contributed by atoms with Crippen molar-refractivity contribution >= 4 is 34.0 Å². The van der Waals surface area contributed by atoms with Crippen molar-refractivity contribution < 1.29 is 32.6 Å². The molecule has 0 bridgehead atoms. The minimum atomic E-state index is -4.17. The maximum Gasteiger partial charge on any atom is 0.512 e. The first-order valence-electron chi connectivity index (χ1n) is 11.6. The zero-order valence-corrected chi connectivity index (χ0v) is 22.4. The number of amides is 1. The highest BCUT2D eigenvalue weighted by Gasteiger charge is 2.23. The number of ether oxygens (including phenoxy) is 2. The van der Waals surface area contributed by atoms with Crippen LogP contribution in [0.4, 0.5) is 9.59 Å². The zero-order valence-electron chi connectivity index (χ0n) is 20.8. The van der Waals surface area contributed by atoms with Gasteiger partial charge in [0.05, 0.1) is 18.0 Å². The lowest BCUT2D eigenvalue weighted by atomic mass is 10.0. The first-order chi connectivity index (χ1) is 17.7. The molecule has 3 aromatic rings. The van der Waals surface area contributed by atoms with E-state index in [4.69, 9.17) is 9.47 Å². The number of nitrogens with one attached hydrogen (secondary N) is 1. The number of nitrogens with zero attached hydrogens (tertiary/aromatic N) is 2. The second kappa shape index (κ2) is 12.6. The normalized spacial score (nSPS) is 11.2. The van der Waals surface area contributed by atoms with E-state index < -0.39 is 22.3 Å². The van der Waals surface area contributed by atoms with Crippen molar-refractivity contribution in [3.63, 3.8) is 0 Å². The van der Waals surface area contributed by atoms with Gasteiger partial charge in [-0.1, -0.05) is 56.3 Å². The number of aromatic nitrogens is 2. The van der Waals surface area contributed by atoms with E-state index in [0.29, 0.717) is 41.4 Å². The number of carbonyl (C=O) groups excluding carboxylic acids is 1. The molecule has 0 fully saturated rings. The Labute approximate surface area is 220 Å². The van der Waals surface area contributed by atoms with Gasteiger partial charge in [-0.15, -0.1) is 11.8 Å². The molecule has 1 aromatic heterocycles. The molecule has 2 aromatic carbocycles. The highest BCUT2D eigenvalue weighted by molar-refractivity contribution is 7.98. The van der Waals surface area contributed by atoms with Crippen molar-refractivity contribution in [3.05, 3.63) is 59.9 Å². The highest BCUT2D eigenvalue weighted by atomic mass is 32.2. The summed E-state index contributed by atoms with van der Waals surface area (Å²) in [4.78, 5) is 27.6. The van der Waals surface area contributed by atoms with E-state index in [-0.39, 0.29) is 17.4 Å². The topological polar surface area (TPSA) is 137 Å². The Morgan fingerprint density at radius 1 is 1.08 bits per heavy atom. The molecule has 0 saturated carbocycles. The quantitative estimate of drug-likeness (QED) is 0.246. The van der Waals surface area contributed by atoms with Gasteiger partial charge in [0.1, 0.15) is 5.82 Å². The Bertz CT molecular complexity index is 1350. The predicted octanol–water partition coefficient (Wildman–Crippen LogP) is 5.15. The van der Waals surface area contributed by atoms with Crippen LogP contribution < -0.4 is 9.46 Å². The molecule has 0 aliphatic carbocycles. The van der Waals surface area contributed by atoms with Gasteiger partial charge in [-0.2, -0.15) is 0 Å². The fraction of sp³-hybridized carbons (Fsp3) is 0.320. The van der Waals surface area contributed by atoms with Crippen LogP contribution in [0.5, 0.6) is 5.88 Å². The molecule has 0 atom stereocenters. The van der Waals surface area contributed by atoms with Crippen LogP contribution in [0.2, 0.25) is 0 Å². The lowest BCUT2D eigenvalue weighted by Gasteiger charge is -2.13. The standard InChI is InChI=1S/C25H29N3O7S2/c1-4-8-21-26-22(36-3)23(35-25(30)31)28(21)16-17-11-13-18(14-12-17)19-9-6-7-10-20(19)37(32,33)27-24(29)34-15-5-2/h6-7,9-14H,4-5,8,15-16H2,1-3H3,(H,27,29)(H,30,31). The number of imidazole rings is 1. The van der Waals surface area contributed by atoms with Crippen LogP contribution in [-0.4, -0.2) is 48.2 Å². The zero-order chi connectivity index (χ0) is 27.0. The van der Waals surface area contributed by atoms with Gasteiger partial charge in [0, 0.05) is 12.0 Å². The lowest BCUT2D eigenvalue weighted by molar-refractivity contribution is 0.139. The first-order valence-corrected chi connectivity index (χ1v) is 14.3. The molecule has 1 heterocycles. The minimum absolute atomic E-state index is 0.0576. The predicted molar refractivity (Wildman–Crippen MR) is 140 cm³/mol. The van der Waals surface area contributed by atoms with Crippen LogP contribution in [0.15, 0.2) is 58.5 Å². The fourth-order valence-electron chi connectivity index (χ4n) is 3.65. The third-order valence-corrected chi connectivity index (χ3v) is 7.28. The van der Waals surface area contributed by atoms with Crippen LogP contribution in [0.25, 0.3) is 11.1 Å². The molecule has 3 rings (SSSR count). The Morgan fingerprint density at radius 2 is 1.78 bits per heavy atom. The molecule has 1 amide bonds. The van der Waals surface area contributed by atoms with Crippen molar-refractivity contribution in [2.24, 2.45) is 0 Å². The van der Waals surface area contributed by atoms with Gasteiger partial charge in [-0.3, -0.25) is 4.57 Å². The van der Waals surface area contributed by atoms with Gasteiger partial charge in [0.2, 0.25) is 5.88 Å². The van der Waals surface area contributed by atoms with Crippen molar-refractivity contribution in [1.82, 2.24) is 14.3 Å². The van der Waals surface area contributed by atoms with Crippen LogP contribution in [-0.2, 0) is 27.7 Å². The number of carbonyl (C=O) groups is 2. The first kappa shape index (κ1) is 28.1. The summed E-state index contributed by atoms with van der Waals surface area (Å²) in [6.07, 6.45) is 1.39. The number of hydrogen-bond acceptors (Lipinski definition) is 8. The molecule has 0 saturated heterocycles. The monoisotopic (exact) mass is 547 g/mol. The average Bonchev–Trinajstić information content (AvgIpc) is 3.18. The van der Waals surface area contributed by atoms with Crippen molar-refractivity contribution in [1.29, 1.82) is 0 Å². The summed E-state index contributed by atoms with van der Waals surface area (Å²) in [5.41, 5.74) is 1.87. The van der Waals surface area contributed by atoms with Gasteiger partial charge in [0.25, 0.3) is 10.0 Å². The molecule has 10 nitrogen and oxygen atoms in total. The molecule has 0 unspecified atom stereocenters. The van der Waals surface area contributed by atoms with Crippen LogP contribution in [0, 0.1) is 0 Å². The summed E-state index contributed by atoms with van der Waals surface area (Å²) in [6, 6.07) is 13.5. The number of rotatable bonds is 11. The summed E-state index contributed by atoms with van der Waals surface area (Å²) in [6.45, 7) is 4.24. The number of hydrogen-bond donors (Lipinski definition) is 2. The summed E-state index contributed by atoms with van der Waals surface area (Å²) >= 11 is 1.30. The van der Waals surface area contributed by atoms with E-state index in [9.17, 15) is 23.1 Å². The Morgan fingerprint density at radius 3 is 2.41 bits per heavy atom. The Kier molecular flexibility index (Phi) is 9.59. The fourth-order valence-corrected chi connectivity index (χ4v) is 5.30. The van der Waals surface area contributed by atoms with Gasteiger partial charge in [-0.05, 0) is 36.3 Å². The van der Waals surface area contributed by atoms with E-state index in [2.05, 4.69) is 4.98 Å². The van der Waals surface area contributed by atoms with Crippen molar-refractivity contribution in [3.8, 4) is 17.0 Å². The van der Waals surface area contributed by atoms with Crippen LogP contribution in [0.3, 0.4) is 0 Å². The van der Waals surface area contributed by atoms with Gasteiger partial charge >= 0.3 is 12.2 Å². The summed E-state index contributed by atoms with van der Waals surface area (Å²) in [5, 5.41) is 9.70. The molecule has 12 heteroatoms. The number of carboxylic acid groups (broad SMARTS) is 1. The number of benzene rings is 2. The van der Waals surface area contributed by atoms with Crippen molar-refractivity contribution in [2.75, 3.05) is 12.9 Å². The highest BCUT2D eigenvalue weighted by Crippen LogP contribution is 2.31. The minimum Gasteiger partial charge on any atom is -0.449 e. The molecule has 0 aliphatic heterocycles. The van der Waals surface area contributed by atoms with E-state index in [1.807, 2.05) is 23.8 Å². The number of thioether (sulfide) groups is 1. The number of aryl methyl sites for hydroxylation is 1. The summed E-state index contributed by atoms with van der Waals surface area (Å²) in [7, 11) is -4.17. The molecule has 198 valence electrons. The molecule has 2 N–H and O–H groups in total. The number of sulfonamides is 1.